The highest BCUT2D eigenvalue weighted by atomic mass is 16.2. The van der Waals surface area contributed by atoms with Crippen LogP contribution in [-0.2, 0) is 17.9 Å². The molecule has 2 N–H and O–H groups in total. The Kier molecular flexibility index (Phi) is 4.52. The average Bonchev–Trinajstić information content (AvgIpc) is 3.22. The molecule has 0 atom stereocenters. The van der Waals surface area contributed by atoms with Crippen LogP contribution >= 0.6 is 0 Å². The van der Waals surface area contributed by atoms with Gasteiger partial charge in [0.25, 0.3) is 5.91 Å². The van der Waals surface area contributed by atoms with E-state index in [0.717, 1.165) is 15.9 Å². The van der Waals surface area contributed by atoms with Gasteiger partial charge in [-0.1, -0.05) is 30.3 Å². The highest BCUT2D eigenvalue weighted by Gasteiger charge is 2.29. The minimum atomic E-state index is -0.451. The van der Waals surface area contributed by atoms with Crippen LogP contribution in [0.4, 0.5) is 10.7 Å². The fraction of sp³-hybridized carbons (Fsp3) is 0.200. The molecule has 1 saturated heterocycles. The number of para-hydroxylation sites is 2. The Morgan fingerprint density at radius 3 is 2.64 bits per heavy atom. The van der Waals surface area contributed by atoms with Crippen molar-refractivity contribution in [1.29, 1.82) is 0 Å². The number of carbonyl (C=O) groups excluding carboxylic acids is 3. The van der Waals surface area contributed by atoms with Gasteiger partial charge in [0.05, 0.1) is 24.1 Å². The maximum atomic E-state index is 12.9. The Morgan fingerprint density at radius 2 is 1.89 bits per heavy atom. The first-order valence-corrected chi connectivity index (χ1v) is 9.01. The van der Waals surface area contributed by atoms with Gasteiger partial charge in [-0.2, -0.15) is 0 Å². The second-order valence-corrected chi connectivity index (χ2v) is 6.42. The second-order valence-electron chi connectivity index (χ2n) is 6.42. The Labute approximate surface area is 161 Å². The molecule has 1 aromatic heterocycles. The lowest BCUT2D eigenvalue weighted by Crippen LogP contribution is -2.31. The van der Waals surface area contributed by atoms with Crippen molar-refractivity contribution >= 4 is 34.8 Å². The summed E-state index contributed by atoms with van der Waals surface area (Å²) in [6.45, 7) is 2.65. The van der Waals surface area contributed by atoms with E-state index in [4.69, 9.17) is 0 Å². The fourth-order valence-corrected chi connectivity index (χ4v) is 3.33. The van der Waals surface area contributed by atoms with Crippen LogP contribution in [0.5, 0.6) is 0 Å². The van der Waals surface area contributed by atoms with E-state index in [1.54, 1.807) is 24.3 Å². The number of nitrogens with zero attached hydrogens (tertiary/aromatic N) is 3. The molecule has 3 aromatic rings. The molecule has 0 bridgehead atoms. The third kappa shape index (κ3) is 3.09. The minimum absolute atomic E-state index is 0.0201. The molecule has 28 heavy (non-hydrogen) atoms. The van der Waals surface area contributed by atoms with E-state index in [1.807, 2.05) is 35.8 Å². The summed E-state index contributed by atoms with van der Waals surface area (Å²) in [4.78, 5) is 42.3. The van der Waals surface area contributed by atoms with Crippen molar-refractivity contribution < 1.29 is 14.4 Å². The van der Waals surface area contributed by atoms with Crippen molar-refractivity contribution in [1.82, 2.24) is 19.8 Å². The van der Waals surface area contributed by atoms with Gasteiger partial charge in [0, 0.05) is 12.1 Å². The number of hydrogen-bond donors (Lipinski definition) is 2. The van der Waals surface area contributed by atoms with Gasteiger partial charge in [0.2, 0.25) is 11.9 Å². The number of fused-ring (bicyclic) bond motifs is 1. The fourth-order valence-electron chi connectivity index (χ4n) is 3.33. The predicted molar refractivity (Wildman–Crippen MR) is 104 cm³/mol. The number of nitrogens with one attached hydrogen (secondary N) is 2. The van der Waals surface area contributed by atoms with Crippen LogP contribution in [0.1, 0.15) is 22.8 Å². The molecule has 0 radical (unpaired) electrons. The number of carbonyl (C=O) groups is 3. The minimum Gasteiger partial charge on any atom is -0.329 e. The molecule has 8 nitrogen and oxygen atoms in total. The number of benzene rings is 2. The molecule has 1 aliphatic heterocycles. The van der Waals surface area contributed by atoms with Crippen LogP contribution in [0.15, 0.2) is 48.5 Å². The first-order chi connectivity index (χ1) is 13.6. The second kappa shape index (κ2) is 7.15. The van der Waals surface area contributed by atoms with Gasteiger partial charge < -0.3 is 9.88 Å². The first-order valence-electron chi connectivity index (χ1n) is 9.01. The molecule has 4 rings (SSSR count). The monoisotopic (exact) mass is 377 g/mol. The lowest BCUT2D eigenvalue weighted by Gasteiger charge is -2.15. The molecule has 0 saturated carbocycles. The van der Waals surface area contributed by atoms with E-state index in [9.17, 15) is 14.4 Å². The van der Waals surface area contributed by atoms with Gasteiger partial charge in [-0.25, -0.2) is 9.78 Å². The Bertz CT molecular complexity index is 1070. The van der Waals surface area contributed by atoms with E-state index in [-0.39, 0.29) is 24.9 Å². The number of imidazole rings is 1. The Morgan fingerprint density at radius 1 is 1.14 bits per heavy atom. The summed E-state index contributed by atoms with van der Waals surface area (Å²) in [6.07, 6.45) is 0. The first kappa shape index (κ1) is 17.7. The smallest absolute Gasteiger partial charge is 0.324 e. The zero-order chi connectivity index (χ0) is 19.7. The van der Waals surface area contributed by atoms with Crippen LogP contribution in [0.25, 0.3) is 11.0 Å². The van der Waals surface area contributed by atoms with Crippen molar-refractivity contribution in [3.63, 3.8) is 0 Å². The lowest BCUT2D eigenvalue weighted by atomic mass is 10.1. The summed E-state index contributed by atoms with van der Waals surface area (Å²) in [7, 11) is 0. The quantitative estimate of drug-likeness (QED) is 0.667. The normalized spacial score (nSPS) is 13.8. The number of urea groups is 1. The number of amides is 4. The molecular weight excluding hydrogens is 358 g/mol. The maximum absolute atomic E-state index is 12.9. The van der Waals surface area contributed by atoms with Crippen molar-refractivity contribution in [3.8, 4) is 0 Å². The molecule has 1 fully saturated rings. The third-order valence-corrected chi connectivity index (χ3v) is 4.72. The summed E-state index contributed by atoms with van der Waals surface area (Å²) < 4.78 is 1.92. The van der Waals surface area contributed by atoms with E-state index >= 15 is 0 Å². The number of hydrogen-bond acceptors (Lipinski definition) is 4. The number of aromatic nitrogens is 2. The van der Waals surface area contributed by atoms with Crippen LogP contribution < -0.4 is 10.6 Å². The molecule has 0 unspecified atom stereocenters. The van der Waals surface area contributed by atoms with E-state index in [2.05, 4.69) is 15.6 Å². The Balaban J connectivity index is 1.63. The Hall–Kier alpha value is -3.68. The van der Waals surface area contributed by atoms with E-state index in [1.165, 1.54) is 0 Å². The van der Waals surface area contributed by atoms with Gasteiger partial charge in [0.1, 0.15) is 0 Å². The number of imide groups is 1. The van der Waals surface area contributed by atoms with Crippen molar-refractivity contribution in [2.75, 3.05) is 11.9 Å². The molecule has 2 aromatic carbocycles. The zero-order valence-corrected chi connectivity index (χ0v) is 15.3. The highest BCUT2D eigenvalue weighted by Crippen LogP contribution is 2.21. The van der Waals surface area contributed by atoms with Crippen LogP contribution in [0.3, 0.4) is 0 Å². The summed E-state index contributed by atoms with van der Waals surface area (Å²) in [5.74, 6) is -0.195. The number of aryl methyl sites for hydroxylation is 1. The molecule has 1 aliphatic rings. The van der Waals surface area contributed by atoms with Crippen molar-refractivity contribution in [2.45, 2.75) is 20.0 Å². The van der Waals surface area contributed by atoms with Crippen molar-refractivity contribution in [2.24, 2.45) is 0 Å². The van der Waals surface area contributed by atoms with Gasteiger partial charge in [-0.3, -0.25) is 19.8 Å². The highest BCUT2D eigenvalue weighted by molar-refractivity contribution is 6.06. The lowest BCUT2D eigenvalue weighted by molar-refractivity contribution is -0.125. The van der Waals surface area contributed by atoms with Gasteiger partial charge in [0.15, 0.2) is 0 Å². The summed E-state index contributed by atoms with van der Waals surface area (Å²) >= 11 is 0. The molecular formula is C20H19N5O3. The predicted octanol–water partition coefficient (Wildman–Crippen LogP) is 2.36. The molecule has 0 aliphatic carbocycles. The van der Waals surface area contributed by atoms with Crippen LogP contribution in [-0.4, -0.2) is 38.8 Å². The average molecular weight is 377 g/mol. The van der Waals surface area contributed by atoms with Crippen LogP contribution in [0, 0.1) is 0 Å². The largest absolute Gasteiger partial charge is 0.329 e. The molecule has 2 heterocycles. The van der Waals surface area contributed by atoms with Gasteiger partial charge >= 0.3 is 6.03 Å². The van der Waals surface area contributed by atoms with E-state index in [0.29, 0.717) is 23.6 Å². The molecule has 8 heteroatoms. The maximum Gasteiger partial charge on any atom is 0.324 e. The van der Waals surface area contributed by atoms with Crippen molar-refractivity contribution in [3.05, 3.63) is 59.7 Å². The van der Waals surface area contributed by atoms with E-state index < -0.39 is 6.03 Å². The number of rotatable bonds is 5. The van der Waals surface area contributed by atoms with Gasteiger partial charge in [-0.05, 0) is 30.7 Å². The summed E-state index contributed by atoms with van der Waals surface area (Å²) in [6, 6.07) is 14.1. The molecule has 4 amide bonds. The standard InChI is InChI=1S/C20H19N5O3/c1-2-24-16-10-6-5-9-15(16)22-19(24)23-18(27)14-8-4-3-7-13(14)12-25-17(26)11-21-20(25)28/h3-10H,2,11-12H2,1H3,(H,21,28)(H,22,23,27). The third-order valence-electron chi connectivity index (χ3n) is 4.72. The summed E-state index contributed by atoms with van der Waals surface area (Å²) in [5.41, 5.74) is 2.72. The topological polar surface area (TPSA) is 96.3 Å². The summed E-state index contributed by atoms with van der Waals surface area (Å²) in [5, 5.41) is 5.35. The molecule has 142 valence electrons. The SMILES string of the molecule is CCn1c(NC(=O)c2ccccc2CN2C(=O)CNC2=O)nc2ccccc21. The van der Waals surface area contributed by atoms with Crippen LogP contribution in [0.2, 0.25) is 0 Å². The zero-order valence-electron chi connectivity index (χ0n) is 15.3. The molecule has 0 spiro atoms. The van der Waals surface area contributed by atoms with Gasteiger partial charge in [-0.15, -0.1) is 0 Å². The number of anilines is 1.